The molecule has 1 atom stereocenters. The average molecular weight is 370 g/mol. The highest BCUT2D eigenvalue weighted by atomic mass is 16.2. The van der Waals surface area contributed by atoms with Gasteiger partial charge in [0.15, 0.2) is 0 Å². The highest BCUT2D eigenvalue weighted by Crippen LogP contribution is 2.19. The normalized spacial score (nSPS) is 21.7. The molecule has 2 aliphatic rings. The van der Waals surface area contributed by atoms with Gasteiger partial charge in [0.25, 0.3) is 0 Å². The molecule has 5 nitrogen and oxygen atoms in total. The summed E-state index contributed by atoms with van der Waals surface area (Å²) in [5.74, 6) is 0.218. The van der Waals surface area contributed by atoms with Gasteiger partial charge in [0.05, 0.1) is 0 Å². The molecule has 1 N–H and O–H groups in total. The van der Waals surface area contributed by atoms with Gasteiger partial charge in [-0.15, -0.1) is 0 Å². The lowest BCUT2D eigenvalue weighted by Crippen LogP contribution is -2.45. The van der Waals surface area contributed by atoms with Crippen molar-refractivity contribution >= 4 is 17.9 Å². The van der Waals surface area contributed by atoms with Crippen LogP contribution in [0.3, 0.4) is 0 Å². The number of likely N-dealkylation sites (N-methyl/N-ethyl adjacent to an activating group) is 1. The van der Waals surface area contributed by atoms with Crippen LogP contribution in [-0.4, -0.2) is 60.4 Å². The summed E-state index contributed by atoms with van der Waals surface area (Å²) in [4.78, 5) is 29.1. The van der Waals surface area contributed by atoms with Gasteiger partial charge >= 0.3 is 0 Å². The number of benzene rings is 1. The van der Waals surface area contributed by atoms with E-state index in [0.29, 0.717) is 19.1 Å². The fourth-order valence-electron chi connectivity index (χ4n) is 4.10. The first kappa shape index (κ1) is 19.6. The minimum atomic E-state index is 0.0299. The Labute approximate surface area is 162 Å². The van der Waals surface area contributed by atoms with E-state index in [9.17, 15) is 9.59 Å². The quantitative estimate of drug-likeness (QED) is 0.784. The Kier molecular flexibility index (Phi) is 7.04. The van der Waals surface area contributed by atoms with Crippen LogP contribution >= 0.6 is 0 Å². The van der Waals surface area contributed by atoms with E-state index in [1.54, 1.807) is 6.08 Å². The zero-order chi connectivity index (χ0) is 19.1. The Balaban J connectivity index is 1.41. The van der Waals surface area contributed by atoms with Crippen molar-refractivity contribution < 1.29 is 9.59 Å². The molecule has 27 heavy (non-hydrogen) atoms. The topological polar surface area (TPSA) is 52.7 Å². The number of carbonyl (C=O) groups is 2. The maximum absolute atomic E-state index is 12.5. The van der Waals surface area contributed by atoms with Crippen molar-refractivity contribution in [2.75, 3.05) is 32.7 Å². The molecule has 0 spiro atoms. The van der Waals surface area contributed by atoms with Gasteiger partial charge in [-0.2, -0.15) is 0 Å². The lowest BCUT2D eigenvalue weighted by molar-refractivity contribution is -0.132. The molecule has 2 amide bonds. The second-order valence-electron chi connectivity index (χ2n) is 7.51. The molecule has 146 valence electrons. The molecule has 1 aromatic carbocycles. The molecule has 0 bridgehead atoms. The number of nitrogens with one attached hydrogen (secondary N) is 1. The molecular weight excluding hydrogens is 338 g/mol. The lowest BCUT2D eigenvalue weighted by atomic mass is 9.95. The van der Waals surface area contributed by atoms with Crippen molar-refractivity contribution in [3.8, 4) is 0 Å². The minimum Gasteiger partial charge on any atom is -0.354 e. The predicted molar refractivity (Wildman–Crippen MR) is 108 cm³/mol. The monoisotopic (exact) mass is 369 g/mol. The van der Waals surface area contributed by atoms with Crippen LogP contribution in [0.4, 0.5) is 0 Å². The van der Waals surface area contributed by atoms with Gasteiger partial charge in [-0.05, 0) is 50.4 Å². The summed E-state index contributed by atoms with van der Waals surface area (Å²) in [5, 5.41) is 3.15. The number of amides is 2. The van der Waals surface area contributed by atoms with E-state index in [1.807, 2.05) is 41.3 Å². The molecule has 2 aliphatic heterocycles. The third kappa shape index (κ3) is 5.42. The van der Waals surface area contributed by atoms with Crippen LogP contribution in [0.2, 0.25) is 0 Å². The Hall–Kier alpha value is -2.14. The first-order valence-electron chi connectivity index (χ1n) is 10.2. The van der Waals surface area contributed by atoms with E-state index in [-0.39, 0.29) is 17.7 Å². The summed E-state index contributed by atoms with van der Waals surface area (Å²) in [6.07, 6.45) is 7.38. The fourth-order valence-corrected chi connectivity index (χ4v) is 4.10. The zero-order valence-corrected chi connectivity index (χ0v) is 16.3. The van der Waals surface area contributed by atoms with Crippen molar-refractivity contribution in [2.45, 2.75) is 38.6 Å². The Morgan fingerprint density at radius 3 is 2.56 bits per heavy atom. The molecule has 3 rings (SSSR count). The molecule has 1 unspecified atom stereocenters. The van der Waals surface area contributed by atoms with Gasteiger partial charge in [-0.1, -0.05) is 37.3 Å². The Morgan fingerprint density at radius 2 is 1.85 bits per heavy atom. The Bertz CT molecular complexity index is 651. The lowest BCUT2D eigenvalue weighted by Gasteiger charge is -2.31. The molecule has 0 radical (unpaired) electrons. The highest BCUT2D eigenvalue weighted by molar-refractivity contribution is 5.92. The number of piperidine rings is 1. The van der Waals surface area contributed by atoms with Crippen LogP contribution in [0.5, 0.6) is 0 Å². The molecule has 0 aliphatic carbocycles. The highest BCUT2D eigenvalue weighted by Gasteiger charge is 2.28. The van der Waals surface area contributed by atoms with Gasteiger partial charge in [-0.25, -0.2) is 0 Å². The van der Waals surface area contributed by atoms with E-state index < -0.39 is 0 Å². The third-order valence-corrected chi connectivity index (χ3v) is 5.81. The van der Waals surface area contributed by atoms with E-state index in [4.69, 9.17) is 0 Å². The predicted octanol–water partition coefficient (Wildman–Crippen LogP) is 2.54. The number of hydrogen-bond donors (Lipinski definition) is 1. The van der Waals surface area contributed by atoms with Crippen LogP contribution < -0.4 is 5.32 Å². The second kappa shape index (κ2) is 9.70. The molecule has 0 aromatic heterocycles. The number of rotatable bonds is 6. The molecule has 1 aromatic rings. The molecule has 0 saturated carbocycles. The first-order chi connectivity index (χ1) is 13.2. The number of likely N-dealkylation sites (tertiary alicyclic amines) is 2. The van der Waals surface area contributed by atoms with Crippen LogP contribution in [0, 0.1) is 5.92 Å². The van der Waals surface area contributed by atoms with Crippen molar-refractivity contribution in [1.29, 1.82) is 0 Å². The van der Waals surface area contributed by atoms with Crippen molar-refractivity contribution in [3.05, 3.63) is 42.0 Å². The largest absolute Gasteiger partial charge is 0.354 e. The van der Waals surface area contributed by atoms with Gasteiger partial charge in [0.1, 0.15) is 0 Å². The van der Waals surface area contributed by atoms with E-state index >= 15 is 0 Å². The summed E-state index contributed by atoms with van der Waals surface area (Å²) in [6, 6.07) is 10.3. The summed E-state index contributed by atoms with van der Waals surface area (Å²) in [5.41, 5.74) is 1.02. The zero-order valence-electron chi connectivity index (χ0n) is 16.3. The Morgan fingerprint density at radius 1 is 1.11 bits per heavy atom. The van der Waals surface area contributed by atoms with Gasteiger partial charge in [-0.3, -0.25) is 14.5 Å². The molecular formula is C22H31N3O2. The summed E-state index contributed by atoms with van der Waals surface area (Å²) >= 11 is 0. The molecule has 2 fully saturated rings. The van der Waals surface area contributed by atoms with Crippen LogP contribution in [0.25, 0.3) is 6.08 Å². The van der Waals surface area contributed by atoms with E-state index in [2.05, 4.69) is 17.1 Å². The minimum absolute atomic E-state index is 0.0299. The van der Waals surface area contributed by atoms with Gasteiger partial charge < -0.3 is 10.2 Å². The fraction of sp³-hybridized carbons (Fsp3) is 0.545. The number of hydrogen-bond acceptors (Lipinski definition) is 3. The van der Waals surface area contributed by atoms with Crippen molar-refractivity contribution in [3.63, 3.8) is 0 Å². The maximum atomic E-state index is 12.5. The number of carbonyl (C=O) groups excluding carboxylic acids is 2. The summed E-state index contributed by atoms with van der Waals surface area (Å²) in [6.45, 7) is 6.44. The molecule has 5 heteroatoms. The molecule has 2 heterocycles. The summed E-state index contributed by atoms with van der Waals surface area (Å²) < 4.78 is 0. The van der Waals surface area contributed by atoms with E-state index in [1.165, 1.54) is 12.8 Å². The number of nitrogens with zero attached hydrogens (tertiary/aromatic N) is 2. The smallest absolute Gasteiger partial charge is 0.246 e. The first-order valence-corrected chi connectivity index (χ1v) is 10.2. The third-order valence-electron chi connectivity index (χ3n) is 5.81. The maximum Gasteiger partial charge on any atom is 0.246 e. The molecule has 2 saturated heterocycles. The van der Waals surface area contributed by atoms with Crippen LogP contribution in [0.15, 0.2) is 36.4 Å². The summed E-state index contributed by atoms with van der Waals surface area (Å²) in [7, 11) is 0. The van der Waals surface area contributed by atoms with Crippen LogP contribution in [-0.2, 0) is 9.59 Å². The van der Waals surface area contributed by atoms with Gasteiger partial charge in [0, 0.05) is 37.7 Å². The second-order valence-corrected chi connectivity index (χ2v) is 7.51. The average Bonchev–Trinajstić information content (AvgIpc) is 3.18. The SMILES string of the molecule is CCN1CCCC1CNC(=O)C1CCN(C(=O)C=Cc2ccccc2)CC1. The van der Waals surface area contributed by atoms with E-state index in [0.717, 1.165) is 38.0 Å². The van der Waals surface area contributed by atoms with Crippen molar-refractivity contribution in [2.24, 2.45) is 5.92 Å². The van der Waals surface area contributed by atoms with Crippen LogP contribution in [0.1, 0.15) is 38.2 Å². The van der Waals surface area contributed by atoms with Crippen molar-refractivity contribution in [1.82, 2.24) is 15.1 Å². The van der Waals surface area contributed by atoms with Gasteiger partial charge in [0.2, 0.25) is 11.8 Å². The standard InChI is InChI=1S/C22H31N3O2/c1-2-24-14-6-9-20(24)17-23-22(27)19-12-15-25(16-13-19)21(26)11-10-18-7-4-3-5-8-18/h3-5,7-8,10-11,19-20H,2,6,9,12-17H2,1H3,(H,23,27).